The van der Waals surface area contributed by atoms with E-state index in [1.807, 2.05) is 0 Å². The van der Waals surface area contributed by atoms with E-state index in [1.54, 1.807) is 32.9 Å². The topological polar surface area (TPSA) is 121 Å². The maximum absolute atomic E-state index is 13.2. The first-order chi connectivity index (χ1) is 14.4. The summed E-state index contributed by atoms with van der Waals surface area (Å²) in [7, 11) is 0. The van der Waals surface area contributed by atoms with Crippen molar-refractivity contribution >= 4 is 17.3 Å². The summed E-state index contributed by atoms with van der Waals surface area (Å²) in [5, 5.41) is 33.2. The second-order valence-corrected chi connectivity index (χ2v) is 9.23. The number of hydrogen-bond acceptors (Lipinski definition) is 7. The lowest BCUT2D eigenvalue weighted by molar-refractivity contribution is -0.147. The molecule has 0 aliphatic heterocycles. The van der Waals surface area contributed by atoms with Crippen molar-refractivity contribution in [2.45, 2.75) is 57.8 Å². The van der Waals surface area contributed by atoms with Gasteiger partial charge in [-0.3, -0.25) is 14.4 Å². The number of phenols is 2. The number of carbonyl (C=O) groups is 3. The van der Waals surface area contributed by atoms with Crippen LogP contribution in [-0.4, -0.2) is 43.9 Å². The van der Waals surface area contributed by atoms with Crippen molar-refractivity contribution in [3.05, 3.63) is 57.6 Å². The molecule has 7 heteroatoms. The van der Waals surface area contributed by atoms with Crippen LogP contribution >= 0.6 is 0 Å². The Morgan fingerprint density at radius 3 is 2.03 bits per heavy atom. The number of ether oxygens (including phenoxy) is 1. The minimum absolute atomic E-state index is 0.0370. The minimum Gasteiger partial charge on any atom is -0.507 e. The number of rotatable bonds is 2. The molecule has 0 radical (unpaired) electrons. The zero-order valence-electron chi connectivity index (χ0n) is 17.8. The number of ketones is 3. The molecule has 2 aliphatic carbocycles. The molecule has 2 aromatic rings. The third-order valence-corrected chi connectivity index (χ3v) is 5.93. The second kappa shape index (κ2) is 6.73. The summed E-state index contributed by atoms with van der Waals surface area (Å²) in [6.07, 6.45) is -1.44. The van der Waals surface area contributed by atoms with Gasteiger partial charge in [-0.05, 0) is 27.7 Å². The predicted octanol–water partition coefficient (Wildman–Crippen LogP) is 3.00. The molecule has 2 aliphatic rings. The van der Waals surface area contributed by atoms with E-state index in [4.69, 9.17) is 4.74 Å². The third kappa shape index (κ3) is 3.16. The lowest BCUT2D eigenvalue weighted by atomic mass is 9.72. The molecule has 162 valence electrons. The van der Waals surface area contributed by atoms with Crippen molar-refractivity contribution in [1.82, 2.24) is 0 Å². The van der Waals surface area contributed by atoms with Crippen LogP contribution in [0.15, 0.2) is 24.3 Å². The van der Waals surface area contributed by atoms with E-state index in [0.717, 1.165) is 0 Å². The van der Waals surface area contributed by atoms with Crippen LogP contribution in [0.1, 0.15) is 83.2 Å². The first kappa shape index (κ1) is 21.2. The summed E-state index contributed by atoms with van der Waals surface area (Å²) in [6.45, 7) is 6.55. The van der Waals surface area contributed by atoms with Crippen LogP contribution in [0.25, 0.3) is 0 Å². The summed E-state index contributed by atoms with van der Waals surface area (Å²) in [6, 6.07) is 6.19. The van der Waals surface area contributed by atoms with Gasteiger partial charge in [0.15, 0.2) is 17.3 Å². The van der Waals surface area contributed by atoms with Crippen LogP contribution in [0, 0.1) is 0 Å². The molecule has 0 unspecified atom stereocenters. The molecule has 3 N–H and O–H groups in total. The van der Waals surface area contributed by atoms with Crippen LogP contribution in [0.2, 0.25) is 0 Å². The van der Waals surface area contributed by atoms with E-state index in [0.29, 0.717) is 0 Å². The maximum Gasteiger partial charge on any atom is 0.198 e. The van der Waals surface area contributed by atoms with Gasteiger partial charge >= 0.3 is 0 Å². The fraction of sp³-hybridized carbons (Fsp3) is 0.375. The number of hydrogen-bond donors (Lipinski definition) is 3. The van der Waals surface area contributed by atoms with Gasteiger partial charge in [0.05, 0.1) is 22.8 Å². The molecular formula is C24H24O7. The van der Waals surface area contributed by atoms with E-state index in [-0.39, 0.29) is 46.2 Å². The first-order valence-corrected chi connectivity index (χ1v) is 10.1. The zero-order valence-corrected chi connectivity index (χ0v) is 17.8. The Bertz CT molecular complexity index is 1160. The van der Waals surface area contributed by atoms with Crippen molar-refractivity contribution in [1.29, 1.82) is 0 Å². The van der Waals surface area contributed by atoms with Crippen molar-refractivity contribution in [3.63, 3.8) is 0 Å². The summed E-state index contributed by atoms with van der Waals surface area (Å²) in [5.74, 6) is -2.69. The molecule has 31 heavy (non-hydrogen) atoms. The van der Waals surface area contributed by atoms with Crippen molar-refractivity contribution < 1.29 is 34.4 Å². The second-order valence-electron chi connectivity index (χ2n) is 9.23. The molecule has 0 saturated carbocycles. The van der Waals surface area contributed by atoms with Gasteiger partial charge in [0.2, 0.25) is 0 Å². The van der Waals surface area contributed by atoms with Crippen LogP contribution in [0.5, 0.6) is 11.5 Å². The zero-order chi connectivity index (χ0) is 22.9. The van der Waals surface area contributed by atoms with Crippen molar-refractivity contribution in [2.75, 3.05) is 0 Å². The van der Waals surface area contributed by atoms with Gasteiger partial charge in [0.1, 0.15) is 17.1 Å². The Morgan fingerprint density at radius 1 is 1.03 bits per heavy atom. The van der Waals surface area contributed by atoms with Gasteiger partial charge in [0.25, 0.3) is 0 Å². The average Bonchev–Trinajstić information content (AvgIpc) is 2.67. The molecule has 7 nitrogen and oxygen atoms in total. The highest BCUT2D eigenvalue weighted by Crippen LogP contribution is 2.52. The smallest absolute Gasteiger partial charge is 0.198 e. The third-order valence-electron chi connectivity index (χ3n) is 5.93. The SMILES string of the molecule is CC(=O)[C@@]1(O)Cc2c(O)c3c(c(O)c2[C@H](OC(C)(C)C)C1)C(=O)c1ccccc1C3=O. The fourth-order valence-corrected chi connectivity index (χ4v) is 4.48. The van der Waals surface area contributed by atoms with Crippen molar-refractivity contribution in [2.24, 2.45) is 0 Å². The van der Waals surface area contributed by atoms with Gasteiger partial charge in [-0.1, -0.05) is 24.3 Å². The highest BCUT2D eigenvalue weighted by molar-refractivity contribution is 6.30. The number of fused-ring (bicyclic) bond motifs is 3. The summed E-state index contributed by atoms with van der Waals surface area (Å²) in [4.78, 5) is 38.5. The Labute approximate surface area is 179 Å². The lowest BCUT2D eigenvalue weighted by Crippen LogP contribution is -2.45. The monoisotopic (exact) mass is 424 g/mol. The van der Waals surface area contributed by atoms with Gasteiger partial charge < -0.3 is 20.1 Å². The number of carbonyl (C=O) groups excluding carboxylic acids is 3. The molecule has 0 heterocycles. The molecule has 2 atom stereocenters. The number of aromatic hydroxyl groups is 2. The molecule has 0 aromatic heterocycles. The Hall–Kier alpha value is -3.03. The molecule has 0 fully saturated rings. The summed E-state index contributed by atoms with van der Waals surface area (Å²) in [5.41, 5.74) is -2.75. The van der Waals surface area contributed by atoms with Gasteiger partial charge in [0, 0.05) is 35.1 Å². The number of phenolic OH excluding ortho intramolecular Hbond substituents is 2. The Morgan fingerprint density at radius 2 is 1.55 bits per heavy atom. The molecular weight excluding hydrogens is 400 g/mol. The Kier molecular flexibility index (Phi) is 4.61. The number of Topliss-reactive ketones (excluding diaryl/α,β-unsaturated/α-hetero) is 1. The van der Waals surface area contributed by atoms with E-state index in [9.17, 15) is 29.7 Å². The van der Waals surface area contributed by atoms with Crippen LogP contribution in [-0.2, 0) is 16.0 Å². The molecule has 0 bridgehead atoms. The van der Waals surface area contributed by atoms with Crippen LogP contribution in [0.3, 0.4) is 0 Å². The molecule has 0 saturated heterocycles. The highest BCUT2D eigenvalue weighted by atomic mass is 16.5. The number of benzene rings is 2. The van der Waals surface area contributed by atoms with Crippen LogP contribution in [0.4, 0.5) is 0 Å². The summed E-state index contributed by atoms with van der Waals surface area (Å²) >= 11 is 0. The average molecular weight is 424 g/mol. The standard InChI is InChI=1S/C24H24O7/c1-11(25)24(30)9-14-16(15(10-24)31-23(2,3)4)22(29)18-17(21(14)28)19(26)12-7-5-6-8-13(12)20(18)27/h5-8,15,28-30H,9-10H2,1-4H3/t15-,24-/m1/s1. The van der Waals surface area contributed by atoms with E-state index in [2.05, 4.69) is 0 Å². The molecule has 4 rings (SSSR count). The van der Waals surface area contributed by atoms with Crippen LogP contribution < -0.4 is 0 Å². The maximum atomic E-state index is 13.2. The number of aliphatic hydroxyl groups is 1. The Balaban J connectivity index is 2.03. The predicted molar refractivity (Wildman–Crippen MR) is 111 cm³/mol. The van der Waals surface area contributed by atoms with E-state index < -0.39 is 46.2 Å². The lowest BCUT2D eigenvalue weighted by Gasteiger charge is -2.40. The highest BCUT2D eigenvalue weighted by Gasteiger charge is 2.48. The first-order valence-electron chi connectivity index (χ1n) is 10.1. The molecule has 2 aromatic carbocycles. The van der Waals surface area contributed by atoms with E-state index >= 15 is 0 Å². The van der Waals surface area contributed by atoms with Crippen molar-refractivity contribution in [3.8, 4) is 11.5 Å². The van der Waals surface area contributed by atoms with E-state index in [1.165, 1.54) is 19.1 Å². The molecule has 0 spiro atoms. The van der Waals surface area contributed by atoms with Gasteiger partial charge in [-0.15, -0.1) is 0 Å². The largest absolute Gasteiger partial charge is 0.507 e. The minimum atomic E-state index is -1.85. The normalized spacial score (nSPS) is 22.5. The fourth-order valence-electron chi connectivity index (χ4n) is 4.48. The quantitative estimate of drug-likeness (QED) is 0.541. The van der Waals surface area contributed by atoms with Gasteiger partial charge in [-0.2, -0.15) is 0 Å². The summed E-state index contributed by atoms with van der Waals surface area (Å²) < 4.78 is 6.03. The van der Waals surface area contributed by atoms with Gasteiger partial charge in [-0.25, -0.2) is 0 Å². The molecule has 0 amide bonds.